The quantitative estimate of drug-likeness (QED) is 0.485. The number of benzene rings is 1. The van der Waals surface area contributed by atoms with Crippen LogP contribution in [0.5, 0.6) is 0 Å². The molecule has 3 rings (SSSR count). The monoisotopic (exact) mass is 548 g/mol. The van der Waals surface area contributed by atoms with Gasteiger partial charge in [-0.25, -0.2) is 16.8 Å². The van der Waals surface area contributed by atoms with Gasteiger partial charge in [-0.05, 0) is 42.2 Å². The first-order chi connectivity index (χ1) is 14.8. The molecule has 0 spiro atoms. The van der Waals surface area contributed by atoms with Gasteiger partial charge in [0.1, 0.15) is 15.2 Å². The molecule has 1 atom stereocenters. The molecule has 0 saturated carbocycles. The predicted octanol–water partition coefficient (Wildman–Crippen LogP) is 5.35. The number of alkyl halides is 3. The Labute approximate surface area is 195 Å². The second-order valence-electron chi connectivity index (χ2n) is 6.28. The van der Waals surface area contributed by atoms with Gasteiger partial charge in [0.25, 0.3) is 10.0 Å². The Kier molecular flexibility index (Phi) is 7.05. The Morgan fingerprint density at radius 1 is 1.06 bits per heavy atom. The summed E-state index contributed by atoms with van der Waals surface area (Å²) in [6, 6.07) is 5.14. The van der Waals surface area contributed by atoms with Crippen LogP contribution in [0.2, 0.25) is 10.0 Å². The van der Waals surface area contributed by atoms with E-state index in [1.807, 2.05) is 0 Å². The fraction of sp³-hybridized carbons (Fsp3) is 0.176. The Balaban J connectivity index is 1.85. The summed E-state index contributed by atoms with van der Waals surface area (Å²) in [6.07, 6.45) is -2.33. The summed E-state index contributed by atoms with van der Waals surface area (Å²) in [4.78, 5) is 0. The number of anilines is 2. The summed E-state index contributed by atoms with van der Waals surface area (Å²) < 4.78 is 95.8. The Bertz CT molecular complexity index is 1280. The highest BCUT2D eigenvalue weighted by Crippen LogP contribution is 2.36. The molecule has 0 saturated heterocycles. The van der Waals surface area contributed by atoms with Crippen molar-refractivity contribution in [2.24, 2.45) is 0 Å². The average Bonchev–Trinajstić information content (AvgIpc) is 3.20. The van der Waals surface area contributed by atoms with E-state index in [1.165, 1.54) is 12.1 Å². The van der Waals surface area contributed by atoms with E-state index < -0.39 is 37.4 Å². The zero-order chi connectivity index (χ0) is 23.7. The van der Waals surface area contributed by atoms with E-state index in [4.69, 9.17) is 23.2 Å². The van der Waals surface area contributed by atoms with Crippen molar-refractivity contribution in [3.05, 3.63) is 63.7 Å². The van der Waals surface area contributed by atoms with Crippen LogP contribution in [0.15, 0.2) is 57.8 Å². The Morgan fingerprint density at radius 3 is 2.19 bits per heavy atom. The molecule has 1 aromatic heterocycles. The third kappa shape index (κ3) is 6.10. The molecule has 2 aromatic rings. The molecule has 0 amide bonds. The maximum atomic E-state index is 12.8. The minimum absolute atomic E-state index is 0.0186. The molecule has 15 heteroatoms. The second-order valence-corrected chi connectivity index (χ2v) is 11.9. The van der Waals surface area contributed by atoms with E-state index in [0.29, 0.717) is 0 Å². The molecule has 1 unspecified atom stereocenters. The van der Waals surface area contributed by atoms with Crippen molar-refractivity contribution < 1.29 is 34.7 Å². The molecule has 0 bridgehead atoms. The van der Waals surface area contributed by atoms with E-state index in [1.54, 1.807) is 5.38 Å². The molecule has 0 fully saturated rings. The summed E-state index contributed by atoms with van der Waals surface area (Å²) in [5.41, 5.74) is -0.401. The van der Waals surface area contributed by atoms with Gasteiger partial charge in [-0.3, -0.25) is 9.44 Å². The zero-order valence-electron chi connectivity index (χ0n) is 15.6. The zero-order valence-corrected chi connectivity index (χ0v) is 19.5. The molecular weight excluding hydrogens is 536 g/mol. The summed E-state index contributed by atoms with van der Waals surface area (Å²) in [5.74, 6) is -0.539. The lowest BCUT2D eigenvalue weighted by atomic mass is 10.2. The smallest absolute Gasteiger partial charge is 0.406 e. The molecule has 1 aliphatic carbocycles. The van der Waals surface area contributed by atoms with Crippen LogP contribution in [0, 0.1) is 0 Å². The van der Waals surface area contributed by atoms with Gasteiger partial charge in [0, 0.05) is 0 Å². The van der Waals surface area contributed by atoms with E-state index in [-0.39, 0.29) is 32.1 Å². The van der Waals surface area contributed by atoms with E-state index in [9.17, 15) is 30.0 Å². The van der Waals surface area contributed by atoms with Gasteiger partial charge in [-0.2, -0.15) is 0 Å². The summed E-state index contributed by atoms with van der Waals surface area (Å²) >= 11 is 12.9. The van der Waals surface area contributed by atoms with Gasteiger partial charge in [-0.1, -0.05) is 35.3 Å². The lowest BCUT2D eigenvalue weighted by Crippen LogP contribution is -2.28. The summed E-state index contributed by atoms with van der Waals surface area (Å²) in [6.45, 7) is 0. The Hall–Kier alpha value is -1.93. The van der Waals surface area contributed by atoms with Crippen molar-refractivity contribution in [2.45, 2.75) is 22.2 Å². The molecule has 7 nitrogen and oxygen atoms in total. The highest BCUT2D eigenvalue weighted by Gasteiger charge is 2.33. The third-order valence-corrected chi connectivity index (χ3v) is 9.11. The van der Waals surface area contributed by atoms with E-state index in [2.05, 4.69) is 14.2 Å². The first kappa shape index (κ1) is 24.7. The molecule has 0 radical (unpaired) electrons. The lowest BCUT2D eigenvalue weighted by Gasteiger charge is -2.20. The maximum Gasteiger partial charge on any atom is 0.573 e. The highest BCUT2D eigenvalue weighted by molar-refractivity contribution is 7.94. The minimum Gasteiger partial charge on any atom is -0.406 e. The van der Waals surface area contributed by atoms with Crippen LogP contribution >= 0.6 is 34.5 Å². The van der Waals surface area contributed by atoms with Crippen LogP contribution in [0.3, 0.4) is 0 Å². The van der Waals surface area contributed by atoms with Crippen LogP contribution in [0.25, 0.3) is 0 Å². The third-order valence-electron chi connectivity index (χ3n) is 3.98. The van der Waals surface area contributed by atoms with E-state index >= 15 is 0 Å². The highest BCUT2D eigenvalue weighted by atomic mass is 35.5. The maximum absolute atomic E-state index is 12.8. The van der Waals surface area contributed by atoms with Crippen molar-refractivity contribution in [3.63, 3.8) is 0 Å². The van der Waals surface area contributed by atoms with Crippen molar-refractivity contribution in [2.75, 3.05) is 9.44 Å². The molecule has 1 aromatic carbocycles. The fourth-order valence-electron chi connectivity index (χ4n) is 2.58. The summed E-state index contributed by atoms with van der Waals surface area (Å²) in [7, 11) is -8.26. The van der Waals surface area contributed by atoms with Crippen molar-refractivity contribution in [1.82, 2.24) is 0 Å². The number of rotatable bonds is 7. The molecule has 2 N–H and O–H groups in total. The normalized spacial score (nSPS) is 17.0. The van der Waals surface area contributed by atoms with Crippen molar-refractivity contribution in [1.29, 1.82) is 0 Å². The van der Waals surface area contributed by atoms with Crippen LogP contribution in [0.1, 0.15) is 6.42 Å². The molecular formula is C17H13Cl2F3N2O5S3. The van der Waals surface area contributed by atoms with Crippen LogP contribution < -0.4 is 9.44 Å². The van der Waals surface area contributed by atoms with Crippen LogP contribution in [-0.4, -0.2) is 28.4 Å². The van der Waals surface area contributed by atoms with Crippen molar-refractivity contribution >= 4 is 66.0 Å². The topological polar surface area (TPSA) is 102 Å². The van der Waals surface area contributed by atoms with Crippen LogP contribution in [0.4, 0.5) is 24.5 Å². The predicted molar refractivity (Wildman–Crippen MR) is 117 cm³/mol. The lowest BCUT2D eigenvalue weighted by molar-refractivity contribution is -0.303. The van der Waals surface area contributed by atoms with Gasteiger partial charge in [0.05, 0.1) is 21.4 Å². The fourth-order valence-corrected chi connectivity index (χ4v) is 6.23. The molecule has 1 aliphatic rings. The van der Waals surface area contributed by atoms with E-state index in [0.717, 1.165) is 41.7 Å². The van der Waals surface area contributed by atoms with Gasteiger partial charge in [0.15, 0.2) is 0 Å². The van der Waals surface area contributed by atoms with Gasteiger partial charge >= 0.3 is 6.36 Å². The number of hydrogen-bond donors (Lipinski definition) is 2. The van der Waals surface area contributed by atoms with Gasteiger partial charge < -0.3 is 4.74 Å². The minimum atomic E-state index is -4.91. The van der Waals surface area contributed by atoms with Gasteiger partial charge in [0.2, 0.25) is 10.0 Å². The number of nitrogens with one attached hydrogen (secondary N) is 2. The first-order valence-electron chi connectivity index (χ1n) is 8.48. The molecule has 1 heterocycles. The number of halogens is 5. The molecule has 174 valence electrons. The molecule has 0 aliphatic heterocycles. The largest absolute Gasteiger partial charge is 0.573 e. The number of sulfonamides is 2. The van der Waals surface area contributed by atoms with Crippen LogP contribution in [-0.2, 0) is 24.8 Å². The van der Waals surface area contributed by atoms with Crippen molar-refractivity contribution in [3.8, 4) is 0 Å². The standard InChI is InChI=1S/C17H13Cl2F3N2O5S3/c18-12-8-14(15(9-13(12)19)24-32(27,28)16-2-1-7-30-16)23-31(25,26)11-5-3-10(4-6-11)29-17(20,21)22/h1-5,7-9,11,23-24H,6H2. The average molecular weight is 549 g/mol. The number of hydrogen-bond acceptors (Lipinski definition) is 6. The number of ether oxygens (including phenoxy) is 1. The Morgan fingerprint density at radius 2 is 1.69 bits per heavy atom. The number of thiophene rings is 1. The van der Waals surface area contributed by atoms with Gasteiger partial charge in [-0.15, -0.1) is 24.5 Å². The SMILES string of the molecule is O=S(=O)(Nc1cc(Cl)c(Cl)cc1NS(=O)(=O)C1C=CC(OC(F)(F)F)=CC1)c1cccs1. The number of allylic oxidation sites excluding steroid dienone is 2. The molecule has 32 heavy (non-hydrogen) atoms. The second kappa shape index (κ2) is 9.14. The summed E-state index contributed by atoms with van der Waals surface area (Å²) in [5, 5.41) is 0.211. The first-order valence-corrected chi connectivity index (χ1v) is 13.1.